The minimum atomic E-state index is 0.728. The average molecular weight is 234 g/mol. The number of halogens is 1. The Kier molecular flexibility index (Phi) is 3.02. The summed E-state index contributed by atoms with van der Waals surface area (Å²) in [6.07, 6.45) is 1.62. The molecule has 1 aromatic carbocycles. The van der Waals surface area contributed by atoms with Crippen LogP contribution in [0.5, 0.6) is 0 Å². The molecule has 0 fully saturated rings. The van der Waals surface area contributed by atoms with E-state index >= 15 is 0 Å². The highest BCUT2D eigenvalue weighted by atomic mass is 35.5. The molecule has 0 amide bonds. The monoisotopic (exact) mass is 233 g/mol. The molecule has 0 aliphatic heterocycles. The summed E-state index contributed by atoms with van der Waals surface area (Å²) in [6, 6.07) is 9.36. The predicted molar refractivity (Wildman–Crippen MR) is 67.6 cm³/mol. The van der Waals surface area contributed by atoms with E-state index < -0.39 is 0 Å². The Balaban J connectivity index is 2.18. The first-order valence-corrected chi connectivity index (χ1v) is 5.30. The lowest BCUT2D eigenvalue weighted by Gasteiger charge is -2.10. The van der Waals surface area contributed by atoms with Gasteiger partial charge in [0.2, 0.25) is 0 Å². The highest BCUT2D eigenvalue weighted by Gasteiger charge is 2.04. The van der Waals surface area contributed by atoms with E-state index in [0.29, 0.717) is 0 Å². The standard InChI is InChI=1S/C13H12ClNO/c1-9-8-11(14)5-6-12(9)15-10(2)13-4-3-7-16-13/h3-8,15H,2H2,1H3. The lowest BCUT2D eigenvalue weighted by atomic mass is 10.2. The molecular weight excluding hydrogens is 222 g/mol. The minimum absolute atomic E-state index is 0.728. The van der Waals surface area contributed by atoms with E-state index in [2.05, 4.69) is 11.9 Å². The Labute approximate surface area is 99.5 Å². The Morgan fingerprint density at radius 2 is 2.19 bits per heavy atom. The molecule has 1 N–H and O–H groups in total. The van der Waals surface area contributed by atoms with Gasteiger partial charge in [0.15, 0.2) is 0 Å². The van der Waals surface area contributed by atoms with E-state index in [1.165, 1.54) is 0 Å². The zero-order chi connectivity index (χ0) is 11.5. The molecule has 0 saturated carbocycles. The van der Waals surface area contributed by atoms with Gasteiger partial charge >= 0.3 is 0 Å². The molecule has 0 aliphatic rings. The van der Waals surface area contributed by atoms with Gasteiger partial charge in [0, 0.05) is 10.7 Å². The molecule has 2 nitrogen and oxygen atoms in total. The Hall–Kier alpha value is -1.67. The normalized spacial score (nSPS) is 10.1. The van der Waals surface area contributed by atoms with E-state index in [4.69, 9.17) is 16.0 Å². The van der Waals surface area contributed by atoms with Gasteiger partial charge in [-0.3, -0.25) is 0 Å². The third-order valence-electron chi connectivity index (χ3n) is 2.29. The van der Waals surface area contributed by atoms with Crippen LogP contribution in [0, 0.1) is 6.92 Å². The fourth-order valence-electron chi connectivity index (χ4n) is 1.44. The summed E-state index contributed by atoms with van der Waals surface area (Å²) in [7, 11) is 0. The molecule has 1 aromatic heterocycles. The molecule has 1 heterocycles. The number of nitrogens with one attached hydrogen (secondary N) is 1. The molecule has 3 heteroatoms. The lowest BCUT2D eigenvalue weighted by molar-refractivity contribution is 0.553. The topological polar surface area (TPSA) is 25.2 Å². The maximum atomic E-state index is 5.88. The van der Waals surface area contributed by atoms with Crippen LogP contribution in [0.1, 0.15) is 11.3 Å². The number of rotatable bonds is 3. The van der Waals surface area contributed by atoms with Gasteiger partial charge in [0.1, 0.15) is 5.76 Å². The molecule has 82 valence electrons. The van der Waals surface area contributed by atoms with Crippen molar-refractivity contribution < 1.29 is 4.42 Å². The van der Waals surface area contributed by atoms with Gasteiger partial charge in [-0.2, -0.15) is 0 Å². The summed E-state index contributed by atoms with van der Waals surface area (Å²) < 4.78 is 5.24. The molecule has 2 rings (SSSR count). The maximum absolute atomic E-state index is 5.88. The lowest BCUT2D eigenvalue weighted by Crippen LogP contribution is -1.97. The highest BCUT2D eigenvalue weighted by molar-refractivity contribution is 6.30. The SMILES string of the molecule is C=C(Nc1ccc(Cl)cc1C)c1ccco1. The second-order valence-electron chi connectivity index (χ2n) is 3.54. The molecule has 0 radical (unpaired) electrons. The molecule has 0 spiro atoms. The van der Waals surface area contributed by atoms with Crippen molar-refractivity contribution in [1.82, 2.24) is 0 Å². The highest BCUT2D eigenvalue weighted by Crippen LogP contribution is 2.23. The number of anilines is 1. The van der Waals surface area contributed by atoms with Gasteiger partial charge in [-0.1, -0.05) is 18.2 Å². The van der Waals surface area contributed by atoms with Gasteiger partial charge in [0.05, 0.1) is 12.0 Å². The van der Waals surface area contributed by atoms with Crippen LogP contribution in [-0.2, 0) is 0 Å². The summed E-state index contributed by atoms with van der Waals surface area (Å²) in [6.45, 7) is 5.91. The summed E-state index contributed by atoms with van der Waals surface area (Å²) in [5.41, 5.74) is 2.78. The second kappa shape index (κ2) is 4.45. The Morgan fingerprint density at radius 1 is 1.38 bits per heavy atom. The van der Waals surface area contributed by atoms with E-state index in [1.807, 2.05) is 37.3 Å². The number of hydrogen-bond donors (Lipinski definition) is 1. The van der Waals surface area contributed by atoms with Crippen LogP contribution >= 0.6 is 11.6 Å². The minimum Gasteiger partial charge on any atom is -0.463 e. The van der Waals surface area contributed by atoms with E-state index in [1.54, 1.807) is 6.26 Å². The number of benzene rings is 1. The zero-order valence-corrected chi connectivity index (χ0v) is 9.71. The number of furan rings is 1. The van der Waals surface area contributed by atoms with Gasteiger partial charge in [-0.05, 0) is 42.8 Å². The van der Waals surface area contributed by atoms with Crippen molar-refractivity contribution >= 4 is 23.0 Å². The predicted octanol–water partition coefficient (Wildman–Crippen LogP) is 4.32. The fourth-order valence-corrected chi connectivity index (χ4v) is 1.67. The van der Waals surface area contributed by atoms with E-state index in [9.17, 15) is 0 Å². The molecular formula is C13H12ClNO. The molecule has 0 atom stereocenters. The summed E-state index contributed by atoms with van der Waals surface area (Å²) in [4.78, 5) is 0. The molecule has 16 heavy (non-hydrogen) atoms. The van der Waals surface area contributed by atoms with Crippen molar-refractivity contribution in [3.05, 3.63) is 59.5 Å². The van der Waals surface area contributed by atoms with Gasteiger partial charge in [-0.25, -0.2) is 0 Å². The summed E-state index contributed by atoms with van der Waals surface area (Å²) in [5.74, 6) is 0.731. The Morgan fingerprint density at radius 3 is 2.81 bits per heavy atom. The average Bonchev–Trinajstić information content (AvgIpc) is 2.75. The van der Waals surface area contributed by atoms with E-state index in [-0.39, 0.29) is 0 Å². The molecule has 0 aliphatic carbocycles. The first kappa shape index (κ1) is 10.8. The van der Waals surface area contributed by atoms with Gasteiger partial charge in [0.25, 0.3) is 0 Å². The maximum Gasteiger partial charge on any atom is 0.149 e. The smallest absolute Gasteiger partial charge is 0.149 e. The zero-order valence-electron chi connectivity index (χ0n) is 8.96. The van der Waals surface area contributed by atoms with Crippen LogP contribution in [0.15, 0.2) is 47.6 Å². The van der Waals surface area contributed by atoms with Crippen LogP contribution in [0.25, 0.3) is 5.70 Å². The van der Waals surface area contributed by atoms with Crippen LogP contribution < -0.4 is 5.32 Å². The van der Waals surface area contributed by atoms with Crippen molar-refractivity contribution in [2.75, 3.05) is 5.32 Å². The third kappa shape index (κ3) is 2.28. The van der Waals surface area contributed by atoms with Crippen molar-refractivity contribution in [2.45, 2.75) is 6.92 Å². The summed E-state index contributed by atoms with van der Waals surface area (Å²) in [5, 5.41) is 3.92. The summed E-state index contributed by atoms with van der Waals surface area (Å²) >= 11 is 5.88. The van der Waals surface area contributed by atoms with Gasteiger partial charge in [-0.15, -0.1) is 0 Å². The van der Waals surface area contributed by atoms with Crippen LogP contribution in [0.4, 0.5) is 5.69 Å². The molecule has 0 unspecified atom stereocenters. The molecule has 0 bridgehead atoms. The Bertz CT molecular complexity index is 503. The third-order valence-corrected chi connectivity index (χ3v) is 2.53. The van der Waals surface area contributed by atoms with Crippen LogP contribution in [0.3, 0.4) is 0 Å². The number of aryl methyl sites for hydroxylation is 1. The van der Waals surface area contributed by atoms with Crippen LogP contribution in [-0.4, -0.2) is 0 Å². The second-order valence-corrected chi connectivity index (χ2v) is 3.98. The van der Waals surface area contributed by atoms with E-state index in [0.717, 1.165) is 27.7 Å². The molecule has 0 saturated heterocycles. The largest absolute Gasteiger partial charge is 0.463 e. The first-order chi connectivity index (χ1) is 7.66. The van der Waals surface area contributed by atoms with Crippen molar-refractivity contribution in [3.8, 4) is 0 Å². The van der Waals surface area contributed by atoms with Crippen molar-refractivity contribution in [3.63, 3.8) is 0 Å². The number of hydrogen-bond acceptors (Lipinski definition) is 2. The first-order valence-electron chi connectivity index (χ1n) is 4.93. The van der Waals surface area contributed by atoms with Crippen molar-refractivity contribution in [2.24, 2.45) is 0 Å². The molecule has 2 aromatic rings. The van der Waals surface area contributed by atoms with Crippen LogP contribution in [0.2, 0.25) is 5.02 Å². The van der Waals surface area contributed by atoms with Crippen molar-refractivity contribution in [1.29, 1.82) is 0 Å². The fraction of sp³-hybridized carbons (Fsp3) is 0.0769. The quantitative estimate of drug-likeness (QED) is 0.854. The van der Waals surface area contributed by atoms with Gasteiger partial charge < -0.3 is 9.73 Å².